The Labute approximate surface area is 128 Å². The van der Waals surface area contributed by atoms with Crippen LogP contribution in [0.4, 0.5) is 0 Å². The lowest BCUT2D eigenvalue weighted by molar-refractivity contribution is -0.151. The summed E-state index contributed by atoms with van der Waals surface area (Å²) in [5, 5.41) is 19.3. The van der Waals surface area contributed by atoms with Gasteiger partial charge in [-0.3, -0.25) is 4.79 Å². The third-order valence-electron chi connectivity index (χ3n) is 2.25. The molecule has 1 atom stereocenters. The van der Waals surface area contributed by atoms with Gasteiger partial charge in [0.05, 0.1) is 12.0 Å². The van der Waals surface area contributed by atoms with Gasteiger partial charge in [0.2, 0.25) is 0 Å². The summed E-state index contributed by atoms with van der Waals surface area (Å²) < 4.78 is 5.15. The van der Waals surface area contributed by atoms with Gasteiger partial charge in [0.15, 0.2) is 0 Å². The minimum absolute atomic E-state index is 0.0110. The maximum Gasteiger partial charge on any atom is 0.394 e. The van der Waals surface area contributed by atoms with E-state index in [9.17, 15) is 14.4 Å². The van der Waals surface area contributed by atoms with Gasteiger partial charge >= 0.3 is 17.8 Å². The molecule has 1 aromatic carbocycles. The second kappa shape index (κ2) is 8.42. The number of carbonyl (C=O) groups is 3. The molecule has 21 heavy (non-hydrogen) atoms. The topological polar surface area (TPSA) is 113 Å². The van der Waals surface area contributed by atoms with E-state index in [-0.39, 0.29) is 5.75 Å². The Bertz CT molecular complexity index is 536. The number of nitrogens with one attached hydrogen (secondary N) is 1. The van der Waals surface area contributed by atoms with E-state index in [0.717, 1.165) is 4.90 Å². The first-order valence-electron chi connectivity index (χ1n) is 5.64. The molecule has 0 bridgehead atoms. The summed E-state index contributed by atoms with van der Waals surface area (Å²) >= 11 is 0. The summed E-state index contributed by atoms with van der Waals surface area (Å²) in [6, 6.07) is 5.92. The molecule has 1 aromatic rings. The molecule has 3 N–H and O–H groups in total. The molecule has 0 aliphatic carbocycles. The number of carboxylic acid groups (broad SMARTS) is 2. The average molecular weight is 331 g/mol. The Morgan fingerprint density at radius 3 is 2.52 bits per heavy atom. The summed E-state index contributed by atoms with van der Waals surface area (Å²) in [7, 11) is 3.98. The average Bonchev–Trinajstić information content (AvgIpc) is 2.46. The van der Waals surface area contributed by atoms with E-state index in [1.54, 1.807) is 12.1 Å². The largest absolute Gasteiger partial charge is 0.496 e. The van der Waals surface area contributed by atoms with Crippen molar-refractivity contribution in [1.29, 1.82) is 0 Å². The molecule has 0 radical (unpaired) electrons. The molecule has 0 aliphatic heterocycles. The number of carboxylic acids is 2. The van der Waals surface area contributed by atoms with Crippen molar-refractivity contribution in [2.45, 2.75) is 10.9 Å². The van der Waals surface area contributed by atoms with Crippen LogP contribution in [0.15, 0.2) is 29.2 Å². The normalized spacial score (nSPS) is 11.5. The second-order valence-electron chi connectivity index (χ2n) is 3.69. The molecular weight excluding hydrogens is 318 g/mol. The third kappa shape index (κ3) is 5.56. The number of ether oxygens (including phenoxy) is 1. The molecule has 7 nitrogen and oxygen atoms in total. The van der Waals surface area contributed by atoms with Gasteiger partial charge in [0, 0.05) is 5.75 Å². The lowest BCUT2D eigenvalue weighted by Gasteiger charge is -2.12. The van der Waals surface area contributed by atoms with E-state index < -0.39 is 23.9 Å². The zero-order chi connectivity index (χ0) is 15.8. The maximum atomic E-state index is 11.0. The van der Waals surface area contributed by atoms with Crippen molar-refractivity contribution < 1.29 is 29.3 Å². The lowest BCUT2D eigenvalue weighted by atomic mass is 10.3. The van der Waals surface area contributed by atoms with Crippen molar-refractivity contribution in [3.8, 4) is 5.75 Å². The monoisotopic (exact) mass is 331 g/mol. The summed E-state index contributed by atoms with van der Waals surface area (Å²) in [4.78, 5) is 33.2. The van der Waals surface area contributed by atoms with Gasteiger partial charge < -0.3 is 20.3 Å². The highest BCUT2D eigenvalue weighted by atomic mass is 33.1. The minimum atomic E-state index is -1.72. The number of carbonyl (C=O) groups excluding carboxylic acids is 1. The Morgan fingerprint density at radius 2 is 1.95 bits per heavy atom. The number of benzene rings is 1. The Kier molecular flexibility index (Phi) is 6.89. The van der Waals surface area contributed by atoms with Crippen molar-refractivity contribution >= 4 is 39.4 Å². The molecule has 1 amide bonds. The molecule has 0 unspecified atom stereocenters. The zero-order valence-electron chi connectivity index (χ0n) is 10.9. The highest BCUT2D eigenvalue weighted by Gasteiger charge is 2.23. The maximum absolute atomic E-state index is 11.0. The Morgan fingerprint density at radius 1 is 1.29 bits per heavy atom. The number of rotatable bonds is 7. The third-order valence-corrected chi connectivity index (χ3v) is 4.65. The fourth-order valence-corrected chi connectivity index (χ4v) is 3.58. The van der Waals surface area contributed by atoms with Gasteiger partial charge in [-0.1, -0.05) is 33.7 Å². The number of hydrogen-bond acceptors (Lipinski definition) is 6. The number of methoxy groups -OCH3 is 1. The van der Waals surface area contributed by atoms with Gasteiger partial charge in [-0.15, -0.1) is 0 Å². The van der Waals surface area contributed by atoms with E-state index in [0.29, 0.717) is 5.75 Å². The molecule has 0 aromatic heterocycles. The molecule has 1 rings (SSSR count). The van der Waals surface area contributed by atoms with E-state index in [4.69, 9.17) is 14.9 Å². The van der Waals surface area contributed by atoms with Gasteiger partial charge in [-0.25, -0.2) is 9.59 Å². The van der Waals surface area contributed by atoms with E-state index >= 15 is 0 Å². The van der Waals surface area contributed by atoms with Crippen LogP contribution >= 0.6 is 21.6 Å². The molecule has 0 aliphatic rings. The van der Waals surface area contributed by atoms with Crippen molar-refractivity contribution in [2.75, 3.05) is 12.9 Å². The second-order valence-corrected chi connectivity index (χ2v) is 6.07. The molecule has 0 heterocycles. The molecule has 0 saturated heterocycles. The number of aliphatic carboxylic acids is 2. The van der Waals surface area contributed by atoms with Crippen LogP contribution in [0.25, 0.3) is 0 Å². The predicted octanol–water partition coefficient (Wildman–Crippen LogP) is 1.09. The van der Waals surface area contributed by atoms with Gasteiger partial charge in [-0.05, 0) is 12.1 Å². The van der Waals surface area contributed by atoms with Crippen molar-refractivity contribution in [2.24, 2.45) is 0 Å². The first-order chi connectivity index (χ1) is 9.95. The SMILES string of the molecule is COc1ccccc1SSC[C@H](NC(=O)C(=O)O)C(=O)O. The zero-order valence-corrected chi connectivity index (χ0v) is 12.6. The lowest BCUT2D eigenvalue weighted by Crippen LogP contribution is -2.45. The van der Waals surface area contributed by atoms with Crippen LogP contribution in [0.1, 0.15) is 0 Å². The summed E-state index contributed by atoms with van der Waals surface area (Å²) in [5.41, 5.74) is 0. The van der Waals surface area contributed by atoms with E-state index in [2.05, 4.69) is 0 Å². The fraction of sp³-hybridized carbons (Fsp3) is 0.250. The molecule has 0 spiro atoms. The van der Waals surface area contributed by atoms with Crippen LogP contribution < -0.4 is 10.1 Å². The van der Waals surface area contributed by atoms with Crippen molar-refractivity contribution in [3.63, 3.8) is 0 Å². The first-order valence-corrected chi connectivity index (χ1v) is 7.96. The van der Waals surface area contributed by atoms with E-state index in [1.807, 2.05) is 17.4 Å². The smallest absolute Gasteiger partial charge is 0.394 e. The van der Waals surface area contributed by atoms with Gasteiger partial charge in [0.25, 0.3) is 0 Å². The van der Waals surface area contributed by atoms with Crippen molar-refractivity contribution in [3.05, 3.63) is 24.3 Å². The first kappa shape index (κ1) is 17.2. The fourth-order valence-electron chi connectivity index (χ4n) is 1.25. The van der Waals surface area contributed by atoms with Gasteiger partial charge in [-0.2, -0.15) is 0 Å². The molecule has 0 fully saturated rings. The molecule has 114 valence electrons. The molecule has 9 heteroatoms. The van der Waals surface area contributed by atoms with Crippen LogP contribution in [0.3, 0.4) is 0 Å². The predicted molar refractivity (Wildman–Crippen MR) is 78.5 cm³/mol. The van der Waals surface area contributed by atoms with Crippen LogP contribution in [-0.2, 0) is 14.4 Å². The quantitative estimate of drug-likeness (QED) is 0.503. The number of para-hydroxylation sites is 1. The Balaban J connectivity index is 2.56. The van der Waals surface area contributed by atoms with Crippen LogP contribution in [-0.4, -0.2) is 47.0 Å². The van der Waals surface area contributed by atoms with Crippen molar-refractivity contribution in [1.82, 2.24) is 5.32 Å². The molecular formula is C12H13NO6S2. The van der Waals surface area contributed by atoms with Crippen LogP contribution in [0, 0.1) is 0 Å². The molecule has 0 saturated carbocycles. The van der Waals surface area contributed by atoms with Crippen LogP contribution in [0.2, 0.25) is 0 Å². The van der Waals surface area contributed by atoms with E-state index in [1.165, 1.54) is 28.7 Å². The van der Waals surface area contributed by atoms with Gasteiger partial charge in [0.1, 0.15) is 11.8 Å². The Hall–Kier alpha value is -1.87. The minimum Gasteiger partial charge on any atom is -0.496 e. The summed E-state index contributed by atoms with van der Waals surface area (Å²) in [6.07, 6.45) is 0. The summed E-state index contributed by atoms with van der Waals surface area (Å²) in [5.74, 6) is -3.69. The highest BCUT2D eigenvalue weighted by molar-refractivity contribution is 8.76. The number of amides is 1. The number of hydrogen-bond donors (Lipinski definition) is 3. The standard InChI is InChI=1S/C12H13NO6S2/c1-19-8-4-2-3-5-9(8)21-20-6-7(11(15)16)13-10(14)12(17)18/h2-5,7H,6H2,1H3,(H,13,14)(H,15,16)(H,17,18)/t7-/m0/s1. The highest BCUT2D eigenvalue weighted by Crippen LogP contribution is 2.37. The van der Waals surface area contributed by atoms with Crippen LogP contribution in [0.5, 0.6) is 5.75 Å². The summed E-state index contributed by atoms with van der Waals surface area (Å²) in [6.45, 7) is 0.